The Bertz CT molecular complexity index is 468. The van der Waals surface area contributed by atoms with Gasteiger partial charge in [-0.3, -0.25) is 4.79 Å². The average molecular weight is 270 g/mol. The molecule has 1 aliphatic rings. The van der Waals surface area contributed by atoms with Gasteiger partial charge in [0.15, 0.2) is 0 Å². The molecular weight excluding hydrogens is 254 g/mol. The molecular formula is C13H16F2N2O2. The Labute approximate surface area is 109 Å². The van der Waals surface area contributed by atoms with Crippen LogP contribution in [0.2, 0.25) is 0 Å². The van der Waals surface area contributed by atoms with Gasteiger partial charge in [-0.2, -0.15) is 0 Å². The molecule has 1 heterocycles. The molecule has 19 heavy (non-hydrogen) atoms. The Kier molecular flexibility index (Phi) is 4.44. The lowest BCUT2D eigenvalue weighted by molar-refractivity contribution is -0.120. The summed E-state index contributed by atoms with van der Waals surface area (Å²) < 4.78 is 26.3. The largest absolute Gasteiger partial charge is 0.391 e. The summed E-state index contributed by atoms with van der Waals surface area (Å²) in [6, 6.07) is 3.03. The van der Waals surface area contributed by atoms with Crippen molar-refractivity contribution in [1.82, 2.24) is 10.6 Å². The van der Waals surface area contributed by atoms with Crippen LogP contribution in [0, 0.1) is 17.6 Å². The van der Waals surface area contributed by atoms with Crippen LogP contribution in [-0.4, -0.2) is 36.8 Å². The maximum absolute atomic E-state index is 13.3. The number of β-amino-alcohol motifs (C(OH)–C–C–N with tert-alkyl or cyclic N) is 1. The lowest BCUT2D eigenvalue weighted by atomic mass is 10.1. The van der Waals surface area contributed by atoms with E-state index in [4.69, 9.17) is 0 Å². The quantitative estimate of drug-likeness (QED) is 0.732. The third-order valence-corrected chi connectivity index (χ3v) is 3.22. The highest BCUT2D eigenvalue weighted by Gasteiger charge is 2.25. The third kappa shape index (κ3) is 3.71. The first-order valence-corrected chi connectivity index (χ1v) is 6.15. The summed E-state index contributed by atoms with van der Waals surface area (Å²) in [6.07, 6.45) is -0.689. The van der Waals surface area contributed by atoms with Crippen molar-refractivity contribution in [1.29, 1.82) is 0 Å². The molecule has 0 radical (unpaired) electrons. The Morgan fingerprint density at radius 2 is 2.21 bits per heavy atom. The molecule has 0 aliphatic carbocycles. The van der Waals surface area contributed by atoms with Crippen molar-refractivity contribution in [3.05, 3.63) is 35.4 Å². The molecule has 2 atom stereocenters. The molecule has 0 aromatic heterocycles. The number of halogens is 2. The van der Waals surface area contributed by atoms with E-state index in [2.05, 4.69) is 10.6 Å². The molecule has 104 valence electrons. The van der Waals surface area contributed by atoms with E-state index in [-0.39, 0.29) is 23.8 Å². The van der Waals surface area contributed by atoms with Crippen LogP contribution in [0.25, 0.3) is 0 Å². The van der Waals surface area contributed by atoms with Crippen molar-refractivity contribution in [2.75, 3.05) is 19.6 Å². The number of aliphatic hydroxyl groups is 1. The van der Waals surface area contributed by atoms with Crippen LogP contribution in [0.3, 0.4) is 0 Å². The summed E-state index contributed by atoms with van der Waals surface area (Å²) >= 11 is 0. The van der Waals surface area contributed by atoms with Gasteiger partial charge in [0, 0.05) is 31.1 Å². The molecule has 1 saturated heterocycles. The summed E-state index contributed by atoms with van der Waals surface area (Å²) in [5.41, 5.74) is 0.0302. The van der Waals surface area contributed by atoms with Gasteiger partial charge >= 0.3 is 0 Å². The Balaban J connectivity index is 1.85. The van der Waals surface area contributed by atoms with Gasteiger partial charge in [-0.15, -0.1) is 0 Å². The minimum atomic E-state index is -0.598. The molecule has 1 aromatic carbocycles. The van der Waals surface area contributed by atoms with Gasteiger partial charge < -0.3 is 15.7 Å². The highest BCUT2D eigenvalue weighted by atomic mass is 19.1. The fraction of sp³-hybridized carbons (Fsp3) is 0.462. The summed E-state index contributed by atoms with van der Waals surface area (Å²) in [5, 5.41) is 15.2. The summed E-state index contributed by atoms with van der Waals surface area (Å²) in [4.78, 5) is 11.6. The van der Waals surface area contributed by atoms with Gasteiger partial charge in [0.05, 0.1) is 12.5 Å². The lowest BCUT2D eigenvalue weighted by Crippen LogP contribution is -2.35. The first kappa shape index (κ1) is 13.9. The fourth-order valence-electron chi connectivity index (χ4n) is 2.09. The maximum atomic E-state index is 13.3. The molecule has 0 bridgehead atoms. The van der Waals surface area contributed by atoms with Crippen LogP contribution in [-0.2, 0) is 11.2 Å². The van der Waals surface area contributed by atoms with Crippen LogP contribution in [0.15, 0.2) is 18.2 Å². The number of carbonyl (C=O) groups is 1. The number of carbonyl (C=O) groups excluding carboxylic acids is 1. The number of aliphatic hydroxyl groups excluding tert-OH is 1. The van der Waals surface area contributed by atoms with Crippen molar-refractivity contribution < 1.29 is 18.7 Å². The van der Waals surface area contributed by atoms with Gasteiger partial charge in [-0.05, 0) is 18.2 Å². The number of nitrogens with one attached hydrogen (secondary N) is 2. The summed E-state index contributed by atoms with van der Waals surface area (Å²) in [7, 11) is 0. The number of hydrogen-bond donors (Lipinski definition) is 3. The van der Waals surface area contributed by atoms with Crippen molar-refractivity contribution in [3.8, 4) is 0 Å². The topological polar surface area (TPSA) is 61.4 Å². The van der Waals surface area contributed by atoms with Gasteiger partial charge in [0.1, 0.15) is 11.6 Å². The summed E-state index contributed by atoms with van der Waals surface area (Å²) in [6.45, 7) is 1.47. The first-order chi connectivity index (χ1) is 9.06. The van der Waals surface area contributed by atoms with E-state index >= 15 is 0 Å². The minimum absolute atomic E-state index is 0.0302. The highest BCUT2D eigenvalue weighted by molar-refractivity contribution is 5.78. The Hall–Kier alpha value is -1.53. The van der Waals surface area contributed by atoms with Gasteiger partial charge in [0.2, 0.25) is 5.91 Å². The number of benzene rings is 1. The number of amides is 1. The van der Waals surface area contributed by atoms with Crippen molar-refractivity contribution in [2.45, 2.75) is 12.5 Å². The van der Waals surface area contributed by atoms with E-state index in [1.165, 1.54) is 0 Å². The molecule has 1 aromatic rings. The van der Waals surface area contributed by atoms with Crippen molar-refractivity contribution in [2.24, 2.45) is 5.92 Å². The molecule has 6 heteroatoms. The zero-order valence-electron chi connectivity index (χ0n) is 10.3. The molecule has 2 rings (SSSR count). The molecule has 1 amide bonds. The number of hydrogen-bond acceptors (Lipinski definition) is 3. The predicted octanol–water partition coefficient (Wildman–Crippen LogP) is 0.204. The van der Waals surface area contributed by atoms with Crippen LogP contribution in [0.1, 0.15) is 5.56 Å². The van der Waals surface area contributed by atoms with Crippen LogP contribution in [0.5, 0.6) is 0 Å². The number of rotatable bonds is 4. The van der Waals surface area contributed by atoms with Crippen LogP contribution >= 0.6 is 0 Å². The minimum Gasteiger partial charge on any atom is -0.391 e. The third-order valence-electron chi connectivity index (χ3n) is 3.22. The molecule has 1 aliphatic heterocycles. The van der Waals surface area contributed by atoms with Crippen LogP contribution < -0.4 is 10.6 Å². The second kappa shape index (κ2) is 6.08. The smallest absolute Gasteiger partial charge is 0.224 e. The second-order valence-corrected chi connectivity index (χ2v) is 4.70. The van der Waals surface area contributed by atoms with E-state index in [0.717, 1.165) is 18.2 Å². The molecule has 4 nitrogen and oxygen atoms in total. The van der Waals surface area contributed by atoms with E-state index in [9.17, 15) is 18.7 Å². The standard InChI is InChI=1S/C13H16F2N2O2/c14-10-1-2-11(15)8(3-10)4-13(19)17-6-9-5-16-7-12(9)18/h1-3,9,12,16,18H,4-7H2,(H,17,19). The van der Waals surface area contributed by atoms with Gasteiger partial charge in [-0.25, -0.2) is 8.78 Å². The Morgan fingerprint density at radius 1 is 1.42 bits per heavy atom. The molecule has 0 saturated carbocycles. The predicted molar refractivity (Wildman–Crippen MR) is 65.4 cm³/mol. The Morgan fingerprint density at radius 3 is 2.89 bits per heavy atom. The summed E-state index contributed by atoms with van der Waals surface area (Å²) in [5.74, 6) is -1.59. The van der Waals surface area contributed by atoms with E-state index in [1.807, 2.05) is 0 Å². The molecule has 1 fully saturated rings. The zero-order chi connectivity index (χ0) is 13.8. The van der Waals surface area contributed by atoms with Gasteiger partial charge in [0.25, 0.3) is 0 Å². The zero-order valence-corrected chi connectivity index (χ0v) is 10.3. The maximum Gasteiger partial charge on any atom is 0.224 e. The average Bonchev–Trinajstić information content (AvgIpc) is 2.77. The van der Waals surface area contributed by atoms with E-state index in [1.54, 1.807) is 0 Å². The van der Waals surface area contributed by atoms with Gasteiger partial charge in [-0.1, -0.05) is 0 Å². The normalized spacial score (nSPS) is 22.5. The second-order valence-electron chi connectivity index (χ2n) is 4.70. The monoisotopic (exact) mass is 270 g/mol. The first-order valence-electron chi connectivity index (χ1n) is 6.15. The van der Waals surface area contributed by atoms with Crippen molar-refractivity contribution in [3.63, 3.8) is 0 Å². The highest BCUT2D eigenvalue weighted by Crippen LogP contribution is 2.11. The van der Waals surface area contributed by atoms with E-state index in [0.29, 0.717) is 19.6 Å². The SMILES string of the molecule is O=C(Cc1cc(F)ccc1F)NCC1CNCC1O. The van der Waals surface area contributed by atoms with Crippen LogP contribution in [0.4, 0.5) is 8.78 Å². The van der Waals surface area contributed by atoms with E-state index < -0.39 is 17.7 Å². The van der Waals surface area contributed by atoms with Crippen molar-refractivity contribution >= 4 is 5.91 Å². The molecule has 0 spiro atoms. The lowest BCUT2D eigenvalue weighted by Gasteiger charge is -2.14. The fourth-order valence-corrected chi connectivity index (χ4v) is 2.09. The molecule has 3 N–H and O–H groups in total. The molecule has 2 unspecified atom stereocenters.